The van der Waals surface area contributed by atoms with Crippen LogP contribution in [0.2, 0.25) is 0 Å². The number of nitro groups is 1. The first-order valence-corrected chi connectivity index (χ1v) is 27.6. The van der Waals surface area contributed by atoms with Crippen LogP contribution in [0.15, 0.2) is 53.4 Å². The second-order valence-corrected chi connectivity index (χ2v) is 18.1. The quantitative estimate of drug-likeness (QED) is 0.0137. The molecule has 480 valence electrons. The molecule has 0 heterocycles. The summed E-state index contributed by atoms with van der Waals surface area (Å²) in [5.74, 6) is -2.79. The molecule has 0 aliphatic rings. The highest BCUT2D eigenvalue weighted by Crippen LogP contribution is 2.18. The number of rotatable bonds is 43. The molecule has 83 heavy (non-hydrogen) atoms. The highest BCUT2D eigenvalue weighted by atomic mass is 32.2. The Morgan fingerprint density at radius 3 is 1.35 bits per heavy atom. The van der Waals surface area contributed by atoms with Gasteiger partial charge < -0.3 is 93.7 Å². The Morgan fingerprint density at radius 1 is 0.542 bits per heavy atom. The van der Waals surface area contributed by atoms with Crippen molar-refractivity contribution in [3.05, 3.63) is 64.2 Å². The highest BCUT2D eigenvalue weighted by molar-refractivity contribution is 7.86. The van der Waals surface area contributed by atoms with Gasteiger partial charge in [-0.05, 0) is 76.1 Å². The van der Waals surface area contributed by atoms with Crippen molar-refractivity contribution >= 4 is 46.0 Å². The van der Waals surface area contributed by atoms with E-state index >= 15 is 0 Å². The SMILES string of the molecule is CCC(N)C(=O)O.COCCOCCCCC(N)C(=O)O.COCCOCCCCC(NC(=O)OCCOCCOC)C(=O)O.COCCOCCOC(=O)Oc1ccc([N+](=O)[O-])cc1.COCCOCCOS(=O)(=O)c1ccc(C)cc1. The van der Waals surface area contributed by atoms with Gasteiger partial charge in [-0.2, -0.15) is 8.42 Å². The lowest BCUT2D eigenvalue weighted by Gasteiger charge is -2.14. The van der Waals surface area contributed by atoms with Gasteiger partial charge >= 0.3 is 30.2 Å². The number of carboxylic acids is 3. The van der Waals surface area contributed by atoms with Gasteiger partial charge in [-0.25, -0.2) is 14.4 Å². The summed E-state index contributed by atoms with van der Waals surface area (Å²) in [7, 11) is 4.22. The zero-order chi connectivity index (χ0) is 62.9. The maximum Gasteiger partial charge on any atom is 0.513 e. The zero-order valence-electron chi connectivity index (χ0n) is 48.8. The van der Waals surface area contributed by atoms with Crippen LogP contribution in [0.3, 0.4) is 0 Å². The van der Waals surface area contributed by atoms with Crippen molar-refractivity contribution in [1.29, 1.82) is 0 Å². The van der Waals surface area contributed by atoms with E-state index in [-0.39, 0.29) is 56.0 Å². The van der Waals surface area contributed by atoms with Gasteiger partial charge in [0.15, 0.2) is 0 Å². The molecule has 30 nitrogen and oxygen atoms in total. The number of alkyl carbamates (subject to hydrolysis) is 1. The average Bonchev–Trinajstić information content (AvgIpc) is 3.59. The largest absolute Gasteiger partial charge is 0.513 e. The summed E-state index contributed by atoms with van der Waals surface area (Å²) >= 11 is 0. The lowest BCUT2D eigenvalue weighted by atomic mass is 10.1. The van der Waals surface area contributed by atoms with Gasteiger partial charge in [-0.3, -0.25) is 23.9 Å². The fourth-order valence-corrected chi connectivity index (χ4v) is 6.09. The van der Waals surface area contributed by atoms with Crippen LogP contribution in [0.25, 0.3) is 0 Å². The number of amides is 1. The summed E-state index contributed by atoms with van der Waals surface area (Å²) in [6.07, 6.45) is 2.58. The summed E-state index contributed by atoms with van der Waals surface area (Å²) in [5.41, 5.74) is 11.2. The van der Waals surface area contributed by atoms with Crippen molar-refractivity contribution in [2.75, 3.05) is 154 Å². The molecular formula is C52H90N4O26S. The van der Waals surface area contributed by atoms with Gasteiger partial charge in [0.05, 0.1) is 102 Å². The normalized spacial score (nSPS) is 11.7. The standard InChI is InChI=1S/C15H29NO8.C12H15NO7.C12H18O5S.C9H19NO4.C4H9NO2/c1-20-7-9-22-6-4-3-5-13(14(17)18)16-15(19)24-12-11-23-10-8-21-2;1-17-6-7-18-8-9-19-12(14)20-11-4-2-10(3-5-11)13(15)16;1-11-3-5-12(6-4-11)18(13,14)17-10-9-16-8-7-15-2;1-13-6-7-14-5-3-2-4-8(10)9(11)12;1-2-3(5)4(6)7/h13H,3-12H2,1-2H3,(H,16,19)(H,17,18);2-5H,6-9H2,1H3;3-6H,7-10H2,1-2H3;8H,2-7,10H2,1H3,(H,11,12);3H,2,5H2,1H3,(H,6,7). The second kappa shape index (κ2) is 56.7. The number of aryl methyl sites for hydroxylation is 1. The number of hydrogen-bond acceptors (Lipinski definition) is 25. The first kappa shape index (κ1) is 81.4. The topological polar surface area (TPSA) is 417 Å². The number of aliphatic carboxylic acids is 3. The summed E-state index contributed by atoms with van der Waals surface area (Å²) in [5, 5.41) is 38.4. The Kier molecular flexibility index (Phi) is 55.6. The Balaban J connectivity index is -0.00000100. The number of carbonyl (C=O) groups is 5. The Labute approximate surface area is 486 Å². The van der Waals surface area contributed by atoms with Gasteiger partial charge in [0, 0.05) is 60.9 Å². The van der Waals surface area contributed by atoms with E-state index in [1.54, 1.807) is 54.6 Å². The van der Waals surface area contributed by atoms with E-state index in [1.807, 2.05) is 6.92 Å². The highest BCUT2D eigenvalue weighted by Gasteiger charge is 2.20. The predicted molar refractivity (Wildman–Crippen MR) is 298 cm³/mol. The number of carbonyl (C=O) groups excluding carboxylic acids is 2. The minimum absolute atomic E-state index is 0.0000753. The van der Waals surface area contributed by atoms with Gasteiger partial charge in [-0.15, -0.1) is 0 Å². The van der Waals surface area contributed by atoms with Gasteiger partial charge in [0.2, 0.25) is 0 Å². The van der Waals surface area contributed by atoms with Crippen molar-refractivity contribution in [2.24, 2.45) is 11.5 Å². The number of nitrogens with two attached hydrogens (primary N) is 2. The lowest BCUT2D eigenvalue weighted by Crippen LogP contribution is -2.41. The molecule has 0 aliphatic heterocycles. The number of hydrogen-bond donors (Lipinski definition) is 6. The molecule has 2 aromatic rings. The summed E-state index contributed by atoms with van der Waals surface area (Å²) in [6.45, 7) is 10.4. The Hall–Kier alpha value is -5.78. The molecule has 2 rings (SSSR count). The average molecular weight is 1220 g/mol. The van der Waals surface area contributed by atoms with E-state index in [0.29, 0.717) is 111 Å². The van der Waals surface area contributed by atoms with Crippen LogP contribution in [0.5, 0.6) is 5.75 Å². The zero-order valence-corrected chi connectivity index (χ0v) is 49.6. The van der Waals surface area contributed by atoms with Crippen LogP contribution in [0.4, 0.5) is 15.3 Å². The molecule has 0 bridgehead atoms. The van der Waals surface area contributed by atoms with Crippen LogP contribution in [-0.2, 0) is 85.5 Å². The maximum absolute atomic E-state index is 11.7. The van der Waals surface area contributed by atoms with Crippen molar-refractivity contribution in [3.8, 4) is 5.75 Å². The van der Waals surface area contributed by atoms with Gasteiger partial charge in [-0.1, -0.05) is 24.6 Å². The molecule has 8 N–H and O–H groups in total. The van der Waals surface area contributed by atoms with Gasteiger partial charge in [0.25, 0.3) is 15.8 Å². The Morgan fingerprint density at radius 2 is 0.952 bits per heavy atom. The van der Waals surface area contributed by atoms with Crippen LogP contribution >= 0.6 is 0 Å². The number of nitrogens with zero attached hydrogens (tertiary/aromatic N) is 1. The summed E-state index contributed by atoms with van der Waals surface area (Å²) < 4.78 is 92.5. The number of ether oxygens (including phenoxy) is 13. The third-order valence-corrected chi connectivity index (χ3v) is 11.2. The van der Waals surface area contributed by atoms with E-state index in [0.717, 1.165) is 18.4 Å². The van der Waals surface area contributed by atoms with Gasteiger partial charge in [0.1, 0.15) is 37.1 Å². The predicted octanol–water partition coefficient (Wildman–Crippen LogP) is 3.84. The Bertz CT molecular complexity index is 2040. The van der Waals surface area contributed by atoms with Crippen molar-refractivity contribution in [1.82, 2.24) is 5.32 Å². The molecule has 1 amide bonds. The second-order valence-electron chi connectivity index (χ2n) is 16.5. The van der Waals surface area contributed by atoms with Crippen LogP contribution in [-0.4, -0.2) is 231 Å². The molecule has 0 aromatic heterocycles. The number of carboxylic acid groups (broad SMARTS) is 3. The minimum atomic E-state index is -3.68. The number of benzene rings is 2. The molecular weight excluding hydrogens is 1130 g/mol. The molecule has 0 saturated heterocycles. The van der Waals surface area contributed by atoms with Crippen LogP contribution < -0.4 is 21.5 Å². The lowest BCUT2D eigenvalue weighted by molar-refractivity contribution is -0.384. The molecule has 0 aliphatic carbocycles. The molecule has 2 aromatic carbocycles. The third-order valence-electron chi connectivity index (χ3n) is 9.84. The first-order valence-electron chi connectivity index (χ1n) is 26.2. The van der Waals surface area contributed by atoms with E-state index in [2.05, 4.69) is 5.32 Å². The number of nitrogens with one attached hydrogen (secondary N) is 1. The van der Waals surface area contributed by atoms with Crippen molar-refractivity contribution < 1.29 is 118 Å². The smallest absolute Gasteiger partial charge is 0.480 e. The summed E-state index contributed by atoms with van der Waals surface area (Å²) in [6, 6.07) is 9.19. The number of methoxy groups -OCH3 is 5. The van der Waals surface area contributed by atoms with Crippen molar-refractivity contribution in [3.63, 3.8) is 0 Å². The van der Waals surface area contributed by atoms with Crippen LogP contribution in [0, 0.1) is 17.0 Å². The minimum Gasteiger partial charge on any atom is -0.480 e. The van der Waals surface area contributed by atoms with Crippen molar-refractivity contribution in [2.45, 2.75) is 81.8 Å². The fraction of sp³-hybridized carbons (Fsp3) is 0.673. The molecule has 0 saturated carbocycles. The van der Waals surface area contributed by atoms with E-state index in [4.69, 9.17) is 92.5 Å². The first-order chi connectivity index (χ1) is 39.7. The van der Waals surface area contributed by atoms with E-state index in [9.17, 15) is 42.5 Å². The molecule has 0 fully saturated rings. The van der Waals surface area contributed by atoms with E-state index in [1.165, 1.54) is 36.4 Å². The molecule has 0 radical (unpaired) electrons. The fourth-order valence-electron chi connectivity index (χ4n) is 5.20. The number of nitro benzene ring substituents is 1. The third kappa shape index (κ3) is 52.7. The monoisotopic (exact) mass is 1220 g/mol. The molecule has 31 heteroatoms. The molecule has 0 spiro atoms. The van der Waals surface area contributed by atoms with Crippen LogP contribution in [0.1, 0.15) is 57.4 Å². The number of non-ortho nitro benzene ring substituents is 1. The maximum atomic E-state index is 11.7. The number of unbranched alkanes of at least 4 members (excludes halogenated alkanes) is 2. The van der Waals surface area contributed by atoms with E-state index < -0.39 is 63.3 Å². The molecule has 3 unspecified atom stereocenters. The molecule has 3 atom stereocenters. The summed E-state index contributed by atoms with van der Waals surface area (Å²) in [4.78, 5) is 64.1.